The van der Waals surface area contributed by atoms with E-state index in [1.165, 1.54) is 0 Å². The molecule has 0 heterocycles. The summed E-state index contributed by atoms with van der Waals surface area (Å²) in [5, 5.41) is 0.459. The van der Waals surface area contributed by atoms with Gasteiger partial charge in [0.05, 0.1) is 26.8 Å². The number of hydrogen-bond donors (Lipinski definition) is 1. The Kier molecular flexibility index (Phi) is 4.60. The molecule has 6 heteroatoms. The number of benzene rings is 2. The van der Waals surface area contributed by atoms with Crippen LogP contribution in [0.4, 0.5) is 5.69 Å². The zero-order chi connectivity index (χ0) is 14.0. The predicted octanol–water partition coefficient (Wildman–Crippen LogP) is 5.25. The maximum Gasteiger partial charge on any atom is 0.151 e. The van der Waals surface area contributed by atoms with Gasteiger partial charge in [-0.2, -0.15) is 0 Å². The highest BCUT2D eigenvalue weighted by atomic mass is 79.9. The van der Waals surface area contributed by atoms with Crippen LogP contribution in [0.3, 0.4) is 0 Å². The van der Waals surface area contributed by atoms with Crippen LogP contribution in [0.1, 0.15) is 0 Å². The highest BCUT2D eigenvalue weighted by Gasteiger charge is 2.11. The van der Waals surface area contributed by atoms with E-state index in [9.17, 15) is 0 Å². The standard InChI is InChI=1S/C13H10Br2ClNO2/c1-18-11-5-8(15)12(6-7(11)14)19-10-4-2-3-9(16)13(10)17/h2-6H,17H2,1H3. The number of rotatable bonds is 3. The molecule has 0 atom stereocenters. The van der Waals surface area contributed by atoms with Crippen molar-refractivity contribution in [1.82, 2.24) is 0 Å². The van der Waals surface area contributed by atoms with Crippen molar-refractivity contribution in [2.24, 2.45) is 0 Å². The highest BCUT2D eigenvalue weighted by molar-refractivity contribution is 9.11. The average Bonchev–Trinajstić information content (AvgIpc) is 2.38. The van der Waals surface area contributed by atoms with E-state index < -0.39 is 0 Å². The first-order valence-corrected chi connectivity index (χ1v) is 7.24. The molecule has 0 fully saturated rings. The van der Waals surface area contributed by atoms with Gasteiger partial charge in [-0.1, -0.05) is 17.7 Å². The molecule has 19 heavy (non-hydrogen) atoms. The lowest BCUT2D eigenvalue weighted by Gasteiger charge is -2.12. The van der Waals surface area contributed by atoms with E-state index in [4.69, 9.17) is 26.8 Å². The summed E-state index contributed by atoms with van der Waals surface area (Å²) in [7, 11) is 1.60. The van der Waals surface area contributed by atoms with E-state index in [1.54, 1.807) is 37.4 Å². The van der Waals surface area contributed by atoms with Gasteiger partial charge in [0.2, 0.25) is 0 Å². The fraction of sp³-hybridized carbons (Fsp3) is 0.0769. The predicted molar refractivity (Wildman–Crippen MR) is 84.3 cm³/mol. The Labute approximate surface area is 132 Å². The number of nitrogen functional groups attached to an aromatic ring is 1. The van der Waals surface area contributed by atoms with Gasteiger partial charge in [0.1, 0.15) is 11.5 Å². The van der Waals surface area contributed by atoms with Gasteiger partial charge in [-0.05, 0) is 56.1 Å². The number of hydrogen-bond acceptors (Lipinski definition) is 3. The Morgan fingerprint density at radius 2 is 1.68 bits per heavy atom. The second kappa shape index (κ2) is 6.03. The molecule has 2 aromatic carbocycles. The molecular weight excluding hydrogens is 397 g/mol. The fourth-order valence-corrected chi connectivity index (χ4v) is 2.52. The van der Waals surface area contributed by atoms with Crippen LogP contribution >= 0.6 is 43.5 Å². The van der Waals surface area contributed by atoms with Gasteiger partial charge in [0.15, 0.2) is 5.75 Å². The van der Waals surface area contributed by atoms with Gasteiger partial charge >= 0.3 is 0 Å². The molecule has 2 rings (SSSR count). The molecular formula is C13H10Br2ClNO2. The van der Waals surface area contributed by atoms with E-state index in [0.29, 0.717) is 28.0 Å². The minimum absolute atomic E-state index is 0.406. The molecule has 0 aliphatic rings. The lowest BCUT2D eigenvalue weighted by atomic mass is 10.3. The normalized spacial score (nSPS) is 10.3. The van der Waals surface area contributed by atoms with Gasteiger partial charge in [0, 0.05) is 0 Å². The van der Waals surface area contributed by atoms with Crippen LogP contribution < -0.4 is 15.2 Å². The third-order valence-corrected chi connectivity index (χ3v) is 4.01. The fourth-order valence-electron chi connectivity index (χ4n) is 1.47. The number of halogens is 3. The Morgan fingerprint density at radius 1 is 1.05 bits per heavy atom. The van der Waals surface area contributed by atoms with Crippen molar-refractivity contribution >= 4 is 49.1 Å². The van der Waals surface area contributed by atoms with Gasteiger partial charge in [-0.25, -0.2) is 0 Å². The molecule has 2 aromatic rings. The minimum Gasteiger partial charge on any atom is -0.496 e. The van der Waals surface area contributed by atoms with Crippen molar-refractivity contribution in [3.63, 3.8) is 0 Å². The summed E-state index contributed by atoms with van der Waals surface area (Å²) in [5.74, 6) is 1.82. The first-order chi connectivity index (χ1) is 9.02. The molecule has 0 saturated heterocycles. The molecule has 0 bridgehead atoms. The minimum atomic E-state index is 0.406. The van der Waals surface area contributed by atoms with Crippen LogP contribution in [-0.2, 0) is 0 Å². The first kappa shape index (κ1) is 14.5. The van der Waals surface area contributed by atoms with Crippen LogP contribution in [0.25, 0.3) is 0 Å². The topological polar surface area (TPSA) is 44.5 Å². The molecule has 0 saturated carbocycles. The molecule has 0 aliphatic carbocycles. The average molecular weight is 407 g/mol. The Balaban J connectivity index is 2.38. The van der Waals surface area contributed by atoms with Crippen molar-refractivity contribution in [3.8, 4) is 17.2 Å². The molecule has 0 unspecified atom stereocenters. The SMILES string of the molecule is COc1cc(Br)c(Oc2cccc(Cl)c2N)cc1Br. The molecule has 100 valence electrons. The number of ether oxygens (including phenoxy) is 2. The smallest absolute Gasteiger partial charge is 0.151 e. The van der Waals surface area contributed by atoms with Gasteiger partial charge in [0.25, 0.3) is 0 Å². The van der Waals surface area contributed by atoms with Crippen LogP contribution in [0.15, 0.2) is 39.3 Å². The van der Waals surface area contributed by atoms with E-state index in [1.807, 2.05) is 0 Å². The van der Waals surface area contributed by atoms with E-state index in [0.717, 1.165) is 8.95 Å². The van der Waals surface area contributed by atoms with Crippen LogP contribution in [0, 0.1) is 0 Å². The summed E-state index contributed by atoms with van der Waals surface area (Å²) < 4.78 is 12.5. The van der Waals surface area contributed by atoms with Crippen molar-refractivity contribution in [1.29, 1.82) is 0 Å². The Hall–Kier alpha value is -0.910. The molecule has 0 aliphatic heterocycles. The largest absolute Gasteiger partial charge is 0.496 e. The maximum absolute atomic E-state index is 5.95. The third kappa shape index (κ3) is 3.16. The summed E-state index contributed by atoms with van der Waals surface area (Å²) in [6.45, 7) is 0. The summed E-state index contributed by atoms with van der Waals surface area (Å²) >= 11 is 12.8. The van der Waals surface area contributed by atoms with Crippen molar-refractivity contribution in [2.75, 3.05) is 12.8 Å². The molecule has 0 aromatic heterocycles. The quantitative estimate of drug-likeness (QED) is 0.707. The van der Waals surface area contributed by atoms with E-state index >= 15 is 0 Å². The summed E-state index contributed by atoms with van der Waals surface area (Å²) in [6, 6.07) is 8.85. The summed E-state index contributed by atoms with van der Waals surface area (Å²) in [6.07, 6.45) is 0. The molecule has 0 radical (unpaired) electrons. The lowest BCUT2D eigenvalue weighted by molar-refractivity contribution is 0.409. The number of nitrogens with two attached hydrogens (primary N) is 1. The molecule has 0 amide bonds. The lowest BCUT2D eigenvalue weighted by Crippen LogP contribution is -1.94. The van der Waals surface area contributed by atoms with Crippen molar-refractivity contribution in [3.05, 3.63) is 44.3 Å². The Morgan fingerprint density at radius 3 is 2.37 bits per heavy atom. The van der Waals surface area contributed by atoms with Gasteiger partial charge in [-0.15, -0.1) is 0 Å². The summed E-state index contributed by atoms with van der Waals surface area (Å²) in [4.78, 5) is 0. The number of anilines is 1. The molecule has 0 spiro atoms. The highest BCUT2D eigenvalue weighted by Crippen LogP contribution is 2.40. The van der Waals surface area contributed by atoms with Crippen LogP contribution in [-0.4, -0.2) is 7.11 Å². The maximum atomic E-state index is 5.95. The van der Waals surface area contributed by atoms with Crippen LogP contribution in [0.5, 0.6) is 17.2 Å². The Bertz CT molecular complexity index is 620. The summed E-state index contributed by atoms with van der Waals surface area (Å²) in [5.41, 5.74) is 6.27. The van der Waals surface area contributed by atoms with Crippen LogP contribution in [0.2, 0.25) is 5.02 Å². The second-order valence-corrected chi connectivity index (χ2v) is 5.79. The van der Waals surface area contributed by atoms with Gasteiger partial charge < -0.3 is 15.2 Å². The first-order valence-electron chi connectivity index (χ1n) is 5.27. The molecule has 2 N–H and O–H groups in total. The second-order valence-electron chi connectivity index (χ2n) is 3.67. The number of methoxy groups -OCH3 is 1. The van der Waals surface area contributed by atoms with Crippen molar-refractivity contribution in [2.45, 2.75) is 0 Å². The monoisotopic (exact) mass is 405 g/mol. The van der Waals surface area contributed by atoms with Crippen molar-refractivity contribution < 1.29 is 9.47 Å². The van der Waals surface area contributed by atoms with Gasteiger partial charge in [-0.3, -0.25) is 0 Å². The van der Waals surface area contributed by atoms with E-state index in [2.05, 4.69) is 31.9 Å². The third-order valence-electron chi connectivity index (χ3n) is 2.44. The van der Waals surface area contributed by atoms with E-state index in [-0.39, 0.29) is 0 Å². The zero-order valence-electron chi connectivity index (χ0n) is 9.91. The molecule has 3 nitrogen and oxygen atoms in total. The zero-order valence-corrected chi connectivity index (χ0v) is 13.8. The number of para-hydroxylation sites is 1.